The maximum Gasteiger partial charge on any atom is 0.173 e. The van der Waals surface area contributed by atoms with Crippen molar-refractivity contribution < 1.29 is 0 Å². The molecule has 0 aliphatic rings. The zero-order valence-electron chi connectivity index (χ0n) is 16.4. The third-order valence-corrected chi connectivity index (χ3v) is 5.06. The summed E-state index contributed by atoms with van der Waals surface area (Å²) in [6.45, 7) is 20.7. The normalized spacial score (nSPS) is 14.8. The van der Waals surface area contributed by atoms with Gasteiger partial charge in [-0.05, 0) is 31.3 Å². The molecule has 1 N–H and O–H groups in total. The van der Waals surface area contributed by atoms with Crippen LogP contribution in [0.2, 0.25) is 39.3 Å². The molecule has 1 aromatic rings. The molecule has 0 radical (unpaired) electrons. The number of nitrogens with zero attached hydrogens (tertiary/aromatic N) is 1. The molecule has 0 bridgehead atoms. The van der Waals surface area contributed by atoms with E-state index in [4.69, 9.17) is 4.66 Å². The van der Waals surface area contributed by atoms with Crippen LogP contribution in [0.5, 0.6) is 0 Å². The van der Waals surface area contributed by atoms with E-state index in [1.54, 1.807) is 0 Å². The molecule has 0 atom stereocenters. The largest absolute Gasteiger partial charge is 0.414 e. The van der Waals surface area contributed by atoms with Gasteiger partial charge in [-0.1, -0.05) is 70.7 Å². The van der Waals surface area contributed by atoms with E-state index < -0.39 is 16.5 Å². The zero-order chi connectivity index (χ0) is 17.9. The fourth-order valence-corrected chi connectivity index (χ4v) is 4.30. The molecule has 0 heterocycles. The van der Waals surface area contributed by atoms with Crippen molar-refractivity contribution in [3.8, 4) is 0 Å². The number of hydrogen-bond donors (Lipinski definition) is 1. The van der Waals surface area contributed by atoms with E-state index in [1.807, 2.05) is 0 Å². The van der Waals surface area contributed by atoms with Crippen LogP contribution in [-0.2, 0) is 0 Å². The molecule has 128 valence electrons. The van der Waals surface area contributed by atoms with Crippen molar-refractivity contribution >= 4 is 22.2 Å². The van der Waals surface area contributed by atoms with Crippen molar-refractivity contribution in [2.75, 3.05) is 0 Å². The van der Waals surface area contributed by atoms with Crippen LogP contribution >= 0.6 is 0 Å². The lowest BCUT2D eigenvalue weighted by molar-refractivity contribution is 0.484. The number of nitrogens with one attached hydrogen (secondary N) is 1. The molecule has 1 aromatic carbocycles. The van der Waals surface area contributed by atoms with Crippen LogP contribution in [0.4, 0.5) is 0 Å². The van der Waals surface area contributed by atoms with E-state index in [0.717, 1.165) is 5.71 Å². The van der Waals surface area contributed by atoms with Gasteiger partial charge in [0.15, 0.2) is 8.24 Å². The molecule has 2 nitrogen and oxygen atoms in total. The zero-order valence-corrected chi connectivity index (χ0v) is 18.4. The van der Waals surface area contributed by atoms with Crippen LogP contribution in [0.15, 0.2) is 46.8 Å². The Kier molecular flexibility index (Phi) is 6.21. The molecule has 0 fully saturated rings. The lowest BCUT2D eigenvalue weighted by atomic mass is 9.91. The third-order valence-electron chi connectivity index (χ3n) is 3.12. The molecule has 0 aliphatic carbocycles. The van der Waals surface area contributed by atoms with Gasteiger partial charge in [-0.2, -0.15) is 0 Å². The van der Waals surface area contributed by atoms with Crippen LogP contribution in [0.25, 0.3) is 0 Å². The minimum absolute atomic E-state index is 0.0786. The molecule has 0 unspecified atom stereocenters. The van der Waals surface area contributed by atoms with Gasteiger partial charge in [0.2, 0.25) is 0 Å². The first-order valence-corrected chi connectivity index (χ1v) is 15.4. The van der Waals surface area contributed by atoms with Crippen molar-refractivity contribution in [2.24, 2.45) is 10.1 Å². The monoisotopic (exact) mass is 346 g/mol. The van der Waals surface area contributed by atoms with Gasteiger partial charge in [-0.3, -0.25) is 0 Å². The van der Waals surface area contributed by atoms with Gasteiger partial charge in [-0.25, -0.2) is 0 Å². The highest BCUT2D eigenvalue weighted by atomic mass is 28.3. The van der Waals surface area contributed by atoms with Gasteiger partial charge >= 0.3 is 0 Å². The smallest absolute Gasteiger partial charge is 0.173 e. The van der Waals surface area contributed by atoms with Crippen molar-refractivity contribution in [1.82, 2.24) is 4.98 Å². The van der Waals surface area contributed by atoms with Crippen LogP contribution in [0, 0.1) is 5.41 Å². The van der Waals surface area contributed by atoms with Crippen LogP contribution in [0.1, 0.15) is 26.3 Å². The summed E-state index contributed by atoms with van der Waals surface area (Å²) >= 11 is 0. The Morgan fingerprint density at radius 2 is 1.48 bits per heavy atom. The van der Waals surface area contributed by atoms with Gasteiger partial charge in [-0.15, -0.1) is 0 Å². The van der Waals surface area contributed by atoms with E-state index in [9.17, 15) is 0 Å². The van der Waals surface area contributed by atoms with Crippen molar-refractivity contribution in [3.05, 3.63) is 47.7 Å². The summed E-state index contributed by atoms with van der Waals surface area (Å²) < 4.78 is 5.12. The van der Waals surface area contributed by atoms with E-state index in [0.29, 0.717) is 0 Å². The van der Waals surface area contributed by atoms with E-state index in [2.05, 4.69) is 101 Å². The molecular weight excluding hydrogens is 312 g/mol. The number of allylic oxidation sites excluding steroid dienone is 2. The van der Waals surface area contributed by atoms with Crippen molar-refractivity contribution in [3.63, 3.8) is 0 Å². The fraction of sp³-hybridized carbons (Fsp3) is 0.526. The molecule has 0 saturated heterocycles. The lowest BCUT2D eigenvalue weighted by Gasteiger charge is -2.31. The van der Waals surface area contributed by atoms with Crippen molar-refractivity contribution in [2.45, 2.75) is 60.1 Å². The molecule has 1 rings (SSSR count). The Morgan fingerprint density at radius 3 is 1.87 bits per heavy atom. The number of hydrogen-bond acceptors (Lipinski definition) is 2. The first-order valence-electron chi connectivity index (χ1n) is 8.44. The Morgan fingerprint density at radius 1 is 0.957 bits per heavy atom. The Balaban J connectivity index is 3.43. The summed E-state index contributed by atoms with van der Waals surface area (Å²) in [5.41, 5.74) is 3.68. The molecule has 0 spiro atoms. The fourth-order valence-electron chi connectivity index (χ4n) is 2.13. The summed E-state index contributed by atoms with van der Waals surface area (Å²) in [5, 5.41) is 0. The lowest BCUT2D eigenvalue weighted by Crippen LogP contribution is -2.44. The minimum atomic E-state index is -1.56. The third kappa shape index (κ3) is 7.79. The van der Waals surface area contributed by atoms with Crippen LogP contribution in [0.3, 0.4) is 0 Å². The Bertz CT molecular complexity index is 568. The topological polar surface area (TPSA) is 24.4 Å². The second-order valence-electron chi connectivity index (χ2n) is 9.22. The molecule has 0 aliphatic heterocycles. The first-order chi connectivity index (χ1) is 10.3. The van der Waals surface area contributed by atoms with E-state index >= 15 is 0 Å². The standard InChI is InChI=1S/C19H34N2Si2/c1-19(2,3)18(21-23(7,8)9)15-17(20-22(4,5)6)16-13-11-10-12-14-16/h10-15,21H,1-9H3. The molecular formula is C19H34N2Si2. The van der Waals surface area contributed by atoms with Crippen LogP contribution in [-0.4, -0.2) is 22.2 Å². The minimum Gasteiger partial charge on any atom is -0.414 e. The highest BCUT2D eigenvalue weighted by molar-refractivity contribution is 6.76. The highest BCUT2D eigenvalue weighted by Crippen LogP contribution is 2.25. The molecule has 4 heteroatoms. The van der Waals surface area contributed by atoms with Gasteiger partial charge in [0, 0.05) is 11.1 Å². The summed E-state index contributed by atoms with van der Waals surface area (Å²) in [7, 11) is -2.98. The summed E-state index contributed by atoms with van der Waals surface area (Å²) in [6, 6.07) is 10.6. The summed E-state index contributed by atoms with van der Waals surface area (Å²) in [4.78, 5) is 3.82. The average molecular weight is 347 g/mol. The van der Waals surface area contributed by atoms with Gasteiger partial charge in [0.05, 0.1) is 5.71 Å². The van der Waals surface area contributed by atoms with Gasteiger partial charge in [0.1, 0.15) is 8.24 Å². The SMILES string of the molecule is CC(C)(C)C(=CC(=N[Si](C)(C)C)c1ccccc1)N[Si](C)(C)C. The second-order valence-corrected chi connectivity index (χ2v) is 18.5. The maximum atomic E-state index is 5.12. The maximum absolute atomic E-state index is 5.12. The quantitative estimate of drug-likeness (QED) is 0.539. The average Bonchev–Trinajstić information content (AvgIpc) is 2.34. The van der Waals surface area contributed by atoms with E-state index in [1.165, 1.54) is 11.3 Å². The summed E-state index contributed by atoms with van der Waals surface area (Å²) in [6.07, 6.45) is 2.28. The number of rotatable bonds is 5. The molecule has 0 saturated carbocycles. The molecule has 0 amide bonds. The van der Waals surface area contributed by atoms with Gasteiger partial charge in [0.25, 0.3) is 0 Å². The predicted octanol–water partition coefficient (Wildman–Crippen LogP) is 5.67. The summed E-state index contributed by atoms with van der Waals surface area (Å²) in [5.74, 6) is 0. The predicted molar refractivity (Wildman–Crippen MR) is 110 cm³/mol. The second kappa shape index (κ2) is 7.18. The first kappa shape index (κ1) is 19.9. The highest BCUT2D eigenvalue weighted by Gasteiger charge is 2.24. The van der Waals surface area contributed by atoms with Crippen molar-refractivity contribution in [1.29, 1.82) is 0 Å². The number of benzene rings is 1. The van der Waals surface area contributed by atoms with Crippen LogP contribution < -0.4 is 4.98 Å². The van der Waals surface area contributed by atoms with E-state index in [-0.39, 0.29) is 5.41 Å². The molecule has 23 heavy (non-hydrogen) atoms. The van der Waals surface area contributed by atoms with Gasteiger partial charge < -0.3 is 9.64 Å². The Labute approximate surface area is 145 Å². The molecule has 0 aromatic heterocycles. The Hall–Kier alpha value is -1.14.